The van der Waals surface area contributed by atoms with Gasteiger partial charge in [-0.2, -0.15) is 0 Å². The maximum atomic E-state index is 12.7. The molecule has 0 spiro atoms. The van der Waals surface area contributed by atoms with Gasteiger partial charge in [0.2, 0.25) is 0 Å². The van der Waals surface area contributed by atoms with Gasteiger partial charge in [0, 0.05) is 11.1 Å². The number of rotatable bonds is 10. The van der Waals surface area contributed by atoms with Crippen LogP contribution in [0.1, 0.15) is 35.3 Å². The van der Waals surface area contributed by atoms with E-state index in [4.69, 9.17) is 25.7 Å². The summed E-state index contributed by atoms with van der Waals surface area (Å²) in [5.41, 5.74) is 6.95. The molecule has 0 aliphatic rings. The van der Waals surface area contributed by atoms with Crippen molar-refractivity contribution in [1.29, 1.82) is 5.41 Å². The fourth-order valence-electron chi connectivity index (χ4n) is 2.87. The Morgan fingerprint density at radius 3 is 2.12 bits per heavy atom. The van der Waals surface area contributed by atoms with Crippen LogP contribution in [-0.4, -0.2) is 59.4 Å². The summed E-state index contributed by atoms with van der Waals surface area (Å²) in [6.07, 6.45) is 1.51. The third kappa shape index (κ3) is 7.59. The Morgan fingerprint density at radius 2 is 1.59 bits per heavy atom. The first-order chi connectivity index (χ1) is 16.1. The Morgan fingerprint density at radius 1 is 1.00 bits per heavy atom. The predicted molar refractivity (Wildman–Crippen MR) is 123 cm³/mol. The van der Waals surface area contributed by atoms with Gasteiger partial charge in [0.15, 0.2) is 0 Å². The number of carboxylic acid groups (broad SMARTS) is 1. The smallest absolute Gasteiger partial charge is 0.343 e. The number of nitrogens with zero attached hydrogens (tertiary/aromatic N) is 1. The molecule has 4 N–H and O–H groups in total. The number of nitrogen functional groups attached to an aromatic ring is 1. The van der Waals surface area contributed by atoms with E-state index in [0.717, 1.165) is 4.90 Å². The second-order valence-corrected chi connectivity index (χ2v) is 7.14. The van der Waals surface area contributed by atoms with Gasteiger partial charge < -0.3 is 25.2 Å². The number of carbonyl (C=O) groups is 4. The van der Waals surface area contributed by atoms with Crippen molar-refractivity contribution in [2.24, 2.45) is 5.73 Å². The van der Waals surface area contributed by atoms with E-state index in [0.29, 0.717) is 16.9 Å². The quantitative estimate of drug-likeness (QED) is 0.157. The van der Waals surface area contributed by atoms with Gasteiger partial charge in [-0.1, -0.05) is 12.1 Å². The topological polar surface area (TPSA) is 160 Å². The molecular formula is C24H25N3O7. The number of benzene rings is 2. The molecule has 34 heavy (non-hydrogen) atoms. The summed E-state index contributed by atoms with van der Waals surface area (Å²) in [6, 6.07) is 12.4. The number of aliphatic carboxylic acids is 1. The number of hydrogen-bond donors (Lipinski definition) is 3. The number of carboxylic acids is 1. The van der Waals surface area contributed by atoms with E-state index < -0.39 is 36.9 Å². The Balaban J connectivity index is 2.09. The standard InChI is InChI=1S/C24H25N3O7/c1-3-33-21(30)14-27(13-20(28)29)23(31)15(2)12-16-4-6-18(7-5-16)24(32)34-19-10-8-17(9-11-19)22(25)26/h4-12H,3,13-14H2,1-2H3,(H3,25,26)(H,28,29)/b15-12+. The van der Waals surface area contributed by atoms with Crippen LogP contribution in [-0.2, 0) is 19.1 Å². The van der Waals surface area contributed by atoms with Gasteiger partial charge in [-0.15, -0.1) is 0 Å². The zero-order valence-corrected chi connectivity index (χ0v) is 18.7. The molecule has 0 fully saturated rings. The average molecular weight is 467 g/mol. The van der Waals surface area contributed by atoms with Crippen LogP contribution in [0, 0.1) is 5.41 Å². The fraction of sp³-hybridized carbons (Fsp3) is 0.208. The lowest BCUT2D eigenvalue weighted by Crippen LogP contribution is -2.40. The van der Waals surface area contributed by atoms with Gasteiger partial charge in [0.1, 0.15) is 24.7 Å². The summed E-state index contributed by atoms with van der Waals surface area (Å²) >= 11 is 0. The van der Waals surface area contributed by atoms with E-state index in [1.165, 1.54) is 37.3 Å². The first-order valence-electron chi connectivity index (χ1n) is 10.2. The van der Waals surface area contributed by atoms with E-state index in [-0.39, 0.29) is 23.6 Å². The zero-order chi connectivity index (χ0) is 25.3. The van der Waals surface area contributed by atoms with E-state index in [9.17, 15) is 19.2 Å². The van der Waals surface area contributed by atoms with Crippen molar-refractivity contribution in [3.63, 3.8) is 0 Å². The van der Waals surface area contributed by atoms with Crippen LogP contribution in [0.15, 0.2) is 54.1 Å². The van der Waals surface area contributed by atoms with Crippen molar-refractivity contribution in [1.82, 2.24) is 4.90 Å². The van der Waals surface area contributed by atoms with Crippen LogP contribution in [0.3, 0.4) is 0 Å². The molecule has 0 bridgehead atoms. The predicted octanol–water partition coefficient (Wildman–Crippen LogP) is 2.07. The van der Waals surface area contributed by atoms with Crippen LogP contribution in [0.25, 0.3) is 6.08 Å². The molecule has 0 heterocycles. The first kappa shape index (κ1) is 25.8. The fourth-order valence-corrected chi connectivity index (χ4v) is 2.87. The number of amidine groups is 1. The van der Waals surface area contributed by atoms with Crippen LogP contribution in [0.2, 0.25) is 0 Å². The number of ether oxygens (including phenoxy) is 2. The lowest BCUT2D eigenvalue weighted by atomic mass is 10.1. The van der Waals surface area contributed by atoms with Gasteiger partial charge in [-0.25, -0.2) is 4.79 Å². The SMILES string of the molecule is CCOC(=O)CN(CC(=O)O)C(=O)/C(C)=C/c1ccc(C(=O)Oc2ccc(C(=N)N)cc2)cc1. The Bertz CT molecular complexity index is 1110. The minimum absolute atomic E-state index is 0.0951. The molecule has 0 unspecified atom stereocenters. The maximum Gasteiger partial charge on any atom is 0.343 e. The largest absolute Gasteiger partial charge is 0.480 e. The number of nitrogens with one attached hydrogen (secondary N) is 1. The van der Waals surface area contributed by atoms with Crippen LogP contribution in [0.5, 0.6) is 5.75 Å². The van der Waals surface area contributed by atoms with Crippen molar-refractivity contribution < 1.29 is 33.8 Å². The highest BCUT2D eigenvalue weighted by atomic mass is 16.5. The van der Waals surface area contributed by atoms with Crippen LogP contribution >= 0.6 is 0 Å². The minimum Gasteiger partial charge on any atom is -0.480 e. The highest BCUT2D eigenvalue weighted by Gasteiger charge is 2.22. The van der Waals surface area contributed by atoms with Crippen molar-refractivity contribution >= 4 is 35.7 Å². The van der Waals surface area contributed by atoms with E-state index in [1.54, 1.807) is 31.2 Å². The minimum atomic E-state index is -1.26. The Labute approximate surface area is 196 Å². The van der Waals surface area contributed by atoms with Gasteiger partial charge >= 0.3 is 17.9 Å². The number of hydrogen-bond acceptors (Lipinski definition) is 7. The molecule has 2 rings (SSSR count). The van der Waals surface area contributed by atoms with Crippen molar-refractivity contribution in [2.45, 2.75) is 13.8 Å². The lowest BCUT2D eigenvalue weighted by molar-refractivity contribution is -0.150. The number of amides is 1. The molecule has 0 radical (unpaired) electrons. The molecule has 0 aliphatic heterocycles. The Kier molecular flexibility index (Phi) is 9.07. The van der Waals surface area contributed by atoms with E-state index in [1.807, 2.05) is 0 Å². The number of nitrogens with two attached hydrogens (primary N) is 1. The molecule has 0 aromatic heterocycles. The molecule has 10 heteroatoms. The molecule has 0 saturated heterocycles. The third-order valence-electron chi connectivity index (χ3n) is 4.48. The highest BCUT2D eigenvalue weighted by Crippen LogP contribution is 2.16. The molecule has 2 aromatic carbocycles. The summed E-state index contributed by atoms with van der Waals surface area (Å²) in [7, 11) is 0. The van der Waals surface area contributed by atoms with E-state index >= 15 is 0 Å². The second kappa shape index (κ2) is 12.0. The summed E-state index contributed by atoms with van der Waals surface area (Å²) in [6.45, 7) is 2.08. The van der Waals surface area contributed by atoms with Crippen LogP contribution < -0.4 is 10.5 Å². The molecule has 10 nitrogen and oxygen atoms in total. The van der Waals surface area contributed by atoms with Gasteiger partial charge in [0.05, 0.1) is 12.2 Å². The molecule has 0 aliphatic carbocycles. The molecular weight excluding hydrogens is 442 g/mol. The molecule has 2 aromatic rings. The summed E-state index contributed by atoms with van der Waals surface area (Å²) in [4.78, 5) is 48.7. The van der Waals surface area contributed by atoms with Crippen molar-refractivity contribution in [2.75, 3.05) is 19.7 Å². The first-order valence-corrected chi connectivity index (χ1v) is 10.2. The lowest BCUT2D eigenvalue weighted by Gasteiger charge is -2.20. The molecule has 1 amide bonds. The Hall–Kier alpha value is -4.47. The second-order valence-electron chi connectivity index (χ2n) is 7.14. The monoisotopic (exact) mass is 467 g/mol. The van der Waals surface area contributed by atoms with Gasteiger partial charge in [0.25, 0.3) is 5.91 Å². The highest BCUT2D eigenvalue weighted by molar-refractivity contribution is 6.00. The summed E-state index contributed by atoms with van der Waals surface area (Å²) < 4.78 is 10.1. The number of carbonyl (C=O) groups excluding carboxylic acids is 3. The van der Waals surface area contributed by atoms with Crippen molar-refractivity contribution in [3.8, 4) is 5.75 Å². The average Bonchev–Trinajstić information content (AvgIpc) is 2.78. The van der Waals surface area contributed by atoms with E-state index in [2.05, 4.69) is 0 Å². The zero-order valence-electron chi connectivity index (χ0n) is 18.7. The van der Waals surface area contributed by atoms with Gasteiger partial charge in [-0.3, -0.25) is 19.8 Å². The van der Waals surface area contributed by atoms with Gasteiger partial charge in [-0.05, 0) is 61.9 Å². The summed E-state index contributed by atoms with van der Waals surface area (Å²) in [5.74, 6) is -3.00. The van der Waals surface area contributed by atoms with Crippen LogP contribution in [0.4, 0.5) is 0 Å². The normalized spacial score (nSPS) is 10.8. The molecule has 0 saturated carbocycles. The maximum absolute atomic E-state index is 12.7. The number of esters is 2. The third-order valence-corrected chi connectivity index (χ3v) is 4.48. The summed E-state index contributed by atoms with van der Waals surface area (Å²) in [5, 5.41) is 16.4. The van der Waals surface area contributed by atoms with Crippen molar-refractivity contribution in [3.05, 3.63) is 70.8 Å². The molecule has 0 atom stereocenters. The molecule has 178 valence electrons.